The molecule has 0 radical (unpaired) electrons. The first-order valence-electron chi connectivity index (χ1n) is 4.47. The second-order valence-corrected chi connectivity index (χ2v) is 3.40. The molecule has 1 nitrogen and oxygen atoms in total. The van der Waals surface area contributed by atoms with E-state index in [0.29, 0.717) is 6.07 Å². The van der Waals surface area contributed by atoms with Crippen LogP contribution in [0.3, 0.4) is 0 Å². The van der Waals surface area contributed by atoms with Gasteiger partial charge in [0, 0.05) is 0 Å². The molecule has 0 saturated carbocycles. The molecule has 0 bridgehead atoms. The van der Waals surface area contributed by atoms with Gasteiger partial charge in [0.1, 0.15) is 5.82 Å². The maximum atomic E-state index is 13.3. The number of benzene rings is 1. The van der Waals surface area contributed by atoms with Crippen LogP contribution in [0, 0.1) is 5.82 Å². The molecule has 84 valence electrons. The molecular formula is C9H10BF4KO. The van der Waals surface area contributed by atoms with E-state index < -0.39 is 18.3 Å². The number of ether oxygens (including phenoxy) is 1. The van der Waals surface area contributed by atoms with Crippen LogP contribution >= 0.6 is 0 Å². The Kier molecular flexibility index (Phi) is 6.57. The number of hydrogen-bond donors (Lipinski definition) is 0. The topological polar surface area (TPSA) is 9.23 Å². The third-order valence-electron chi connectivity index (χ3n) is 1.71. The largest absolute Gasteiger partial charge is 1.00 e. The number of rotatable bonds is 3. The predicted octanol–water partition coefficient (Wildman–Crippen LogP) is -0.329. The Morgan fingerprint density at radius 3 is 2.19 bits per heavy atom. The van der Waals surface area contributed by atoms with Gasteiger partial charge in [0.15, 0.2) is 5.75 Å². The summed E-state index contributed by atoms with van der Waals surface area (Å²) >= 11 is 0. The van der Waals surface area contributed by atoms with E-state index in [-0.39, 0.29) is 63.2 Å². The zero-order valence-corrected chi connectivity index (χ0v) is 12.4. The maximum Gasteiger partial charge on any atom is 1.00 e. The monoisotopic (exact) mass is 260 g/mol. The zero-order valence-electron chi connectivity index (χ0n) is 9.31. The van der Waals surface area contributed by atoms with E-state index in [1.54, 1.807) is 13.8 Å². The van der Waals surface area contributed by atoms with Gasteiger partial charge < -0.3 is 17.7 Å². The van der Waals surface area contributed by atoms with Gasteiger partial charge in [0.05, 0.1) is 6.10 Å². The van der Waals surface area contributed by atoms with E-state index in [0.717, 1.165) is 6.07 Å². The third kappa shape index (κ3) is 4.37. The molecule has 16 heavy (non-hydrogen) atoms. The first-order valence-corrected chi connectivity index (χ1v) is 4.47. The molecule has 7 heteroatoms. The average molecular weight is 260 g/mol. The van der Waals surface area contributed by atoms with E-state index in [9.17, 15) is 17.3 Å². The molecule has 0 saturated heterocycles. The molecule has 1 aromatic carbocycles. The summed E-state index contributed by atoms with van der Waals surface area (Å²) in [5.74, 6) is -1.69. The molecule has 0 heterocycles. The molecule has 0 atom stereocenters. The van der Waals surface area contributed by atoms with Gasteiger partial charge in [0.25, 0.3) is 0 Å². The Morgan fingerprint density at radius 2 is 1.75 bits per heavy atom. The Morgan fingerprint density at radius 1 is 1.19 bits per heavy atom. The van der Waals surface area contributed by atoms with Crippen molar-refractivity contribution in [1.82, 2.24) is 0 Å². The second kappa shape index (κ2) is 6.39. The Balaban J connectivity index is 0.00000225. The molecule has 0 amide bonds. The molecule has 0 unspecified atom stereocenters. The van der Waals surface area contributed by atoms with Crippen LogP contribution in [0.4, 0.5) is 17.3 Å². The minimum Gasteiger partial charge on any atom is -0.488 e. The van der Waals surface area contributed by atoms with Crippen LogP contribution in [0.25, 0.3) is 0 Å². The summed E-state index contributed by atoms with van der Waals surface area (Å²) in [4.78, 5) is 0. The molecule has 0 spiro atoms. The first kappa shape index (κ1) is 16.4. The first-order chi connectivity index (χ1) is 6.82. The van der Waals surface area contributed by atoms with Crippen molar-refractivity contribution >= 4 is 12.4 Å². The van der Waals surface area contributed by atoms with Gasteiger partial charge >= 0.3 is 58.4 Å². The average Bonchev–Trinajstić information content (AvgIpc) is 2.05. The van der Waals surface area contributed by atoms with Gasteiger partial charge in [-0.25, -0.2) is 4.39 Å². The molecule has 0 fully saturated rings. The fourth-order valence-electron chi connectivity index (χ4n) is 1.13. The predicted molar refractivity (Wildman–Crippen MR) is 50.9 cm³/mol. The molecule has 0 N–H and O–H groups in total. The Labute approximate surface area is 134 Å². The van der Waals surface area contributed by atoms with Crippen molar-refractivity contribution in [3.8, 4) is 5.75 Å². The van der Waals surface area contributed by atoms with E-state index in [1.165, 1.54) is 6.07 Å². The molecule has 0 aromatic heterocycles. The minimum atomic E-state index is -5.33. The summed E-state index contributed by atoms with van der Waals surface area (Å²) in [7, 11) is 0. The van der Waals surface area contributed by atoms with Crippen molar-refractivity contribution in [3.63, 3.8) is 0 Å². The fourth-order valence-corrected chi connectivity index (χ4v) is 1.13. The van der Waals surface area contributed by atoms with Crippen LogP contribution in [0.2, 0.25) is 0 Å². The van der Waals surface area contributed by atoms with Crippen LogP contribution in [-0.4, -0.2) is 13.1 Å². The molecule has 0 aliphatic heterocycles. The van der Waals surface area contributed by atoms with E-state index >= 15 is 0 Å². The van der Waals surface area contributed by atoms with Crippen LogP contribution in [0.5, 0.6) is 5.75 Å². The van der Waals surface area contributed by atoms with Crippen molar-refractivity contribution in [2.24, 2.45) is 0 Å². The van der Waals surface area contributed by atoms with Crippen LogP contribution in [0.1, 0.15) is 13.8 Å². The summed E-state index contributed by atoms with van der Waals surface area (Å²) in [6, 6.07) is 3.02. The van der Waals surface area contributed by atoms with Crippen LogP contribution < -0.4 is 61.6 Å². The standard InChI is InChI=1S/C9H10BF4O.K/c1-6(2)15-8-5-3-4-7(9(8)11)10(12,13)14;/h3-6H,1-2H3;/q-1;+1. The minimum absolute atomic E-state index is 0. The van der Waals surface area contributed by atoms with E-state index in [1.807, 2.05) is 0 Å². The SMILES string of the molecule is CC(C)Oc1cccc([B-](F)(F)F)c1F.[K+]. The van der Waals surface area contributed by atoms with Gasteiger partial charge in [-0.05, 0) is 19.9 Å². The molecule has 0 aliphatic rings. The van der Waals surface area contributed by atoms with Crippen molar-refractivity contribution in [1.29, 1.82) is 0 Å². The quantitative estimate of drug-likeness (QED) is 0.534. The number of hydrogen-bond acceptors (Lipinski definition) is 1. The van der Waals surface area contributed by atoms with Crippen molar-refractivity contribution in [2.75, 3.05) is 0 Å². The van der Waals surface area contributed by atoms with Gasteiger partial charge in [-0.15, -0.1) is 0 Å². The summed E-state index contributed by atoms with van der Waals surface area (Å²) in [6.45, 7) is -2.10. The molecular weight excluding hydrogens is 250 g/mol. The smallest absolute Gasteiger partial charge is 0.488 e. The van der Waals surface area contributed by atoms with Crippen LogP contribution in [0.15, 0.2) is 18.2 Å². The summed E-state index contributed by atoms with van der Waals surface area (Å²) in [5, 5.41) is 0. The zero-order chi connectivity index (χ0) is 11.6. The third-order valence-corrected chi connectivity index (χ3v) is 1.71. The maximum absolute atomic E-state index is 13.3. The number of halogens is 4. The molecule has 0 aliphatic carbocycles. The van der Waals surface area contributed by atoms with Gasteiger partial charge in [0.2, 0.25) is 0 Å². The Hall–Kier alpha value is 0.441. The molecule has 1 aromatic rings. The van der Waals surface area contributed by atoms with Gasteiger partial charge in [-0.3, -0.25) is 0 Å². The normalized spacial score (nSPS) is 11.2. The summed E-state index contributed by atoms with van der Waals surface area (Å²) in [6.07, 6.45) is -0.365. The summed E-state index contributed by atoms with van der Waals surface area (Å²) in [5.41, 5.74) is -1.24. The van der Waals surface area contributed by atoms with Crippen molar-refractivity contribution in [3.05, 3.63) is 24.0 Å². The van der Waals surface area contributed by atoms with E-state index in [2.05, 4.69) is 0 Å². The van der Waals surface area contributed by atoms with Gasteiger partial charge in [-0.2, -0.15) is 0 Å². The Bertz CT molecular complexity index is 354. The van der Waals surface area contributed by atoms with Crippen molar-refractivity contribution < 1.29 is 73.5 Å². The molecule has 1 rings (SSSR count). The fraction of sp³-hybridized carbons (Fsp3) is 0.333. The van der Waals surface area contributed by atoms with Crippen molar-refractivity contribution in [2.45, 2.75) is 20.0 Å². The van der Waals surface area contributed by atoms with Gasteiger partial charge in [-0.1, -0.05) is 17.6 Å². The van der Waals surface area contributed by atoms with Crippen LogP contribution in [-0.2, 0) is 0 Å². The van der Waals surface area contributed by atoms with E-state index in [4.69, 9.17) is 4.74 Å². The second-order valence-electron chi connectivity index (χ2n) is 3.40. The summed E-state index contributed by atoms with van der Waals surface area (Å²) < 4.78 is 55.2.